The minimum Gasteiger partial charge on any atom is -0.493 e. The highest BCUT2D eigenvalue weighted by Gasteiger charge is 2.36. The third kappa shape index (κ3) is 4.66. The summed E-state index contributed by atoms with van der Waals surface area (Å²) >= 11 is 2.08. The van der Waals surface area contributed by atoms with Crippen LogP contribution in [-0.4, -0.2) is 48.6 Å². The molecular weight excluding hydrogens is 478 g/mol. The number of anilines is 1. The molecule has 3 N–H and O–H groups in total. The van der Waals surface area contributed by atoms with Gasteiger partial charge in [-0.25, -0.2) is 0 Å². The number of nitrogens with one attached hydrogen (secondary N) is 1. The summed E-state index contributed by atoms with van der Waals surface area (Å²) in [4.78, 5) is 52.1. The van der Waals surface area contributed by atoms with Crippen molar-refractivity contribution >= 4 is 57.1 Å². The Kier molecular flexibility index (Phi) is 6.94. The summed E-state index contributed by atoms with van der Waals surface area (Å²) in [5.74, 6) is -0.719. The maximum absolute atomic E-state index is 12.8. The highest BCUT2D eigenvalue weighted by Crippen LogP contribution is 2.38. The van der Waals surface area contributed by atoms with Crippen molar-refractivity contribution < 1.29 is 28.7 Å². The Balaban J connectivity index is 1.49. The van der Waals surface area contributed by atoms with Gasteiger partial charge < -0.3 is 20.5 Å². The molecule has 1 fully saturated rings. The van der Waals surface area contributed by atoms with Crippen molar-refractivity contribution in [3.8, 4) is 11.5 Å². The van der Waals surface area contributed by atoms with Gasteiger partial charge in [-0.2, -0.15) is 0 Å². The van der Waals surface area contributed by atoms with Crippen LogP contribution in [-0.2, 0) is 22.4 Å². The summed E-state index contributed by atoms with van der Waals surface area (Å²) in [5, 5.41) is 2.51. The van der Waals surface area contributed by atoms with E-state index in [0.717, 1.165) is 52.8 Å². The molecule has 11 heteroatoms. The summed E-state index contributed by atoms with van der Waals surface area (Å²) in [6.07, 6.45) is 5.11. The first-order valence-corrected chi connectivity index (χ1v) is 12.2. The number of carbonyl (C=O) groups is 4. The molecule has 2 heterocycles. The van der Waals surface area contributed by atoms with Gasteiger partial charge in [0.15, 0.2) is 11.5 Å². The van der Waals surface area contributed by atoms with Crippen LogP contribution in [0.3, 0.4) is 0 Å². The minimum atomic E-state index is -0.598. The van der Waals surface area contributed by atoms with Gasteiger partial charge in [0, 0.05) is 4.88 Å². The molecule has 9 nitrogen and oxygen atoms in total. The topological polar surface area (TPSA) is 128 Å². The zero-order valence-corrected chi connectivity index (χ0v) is 20.3. The molecule has 1 aromatic heterocycles. The predicted molar refractivity (Wildman–Crippen MR) is 130 cm³/mol. The zero-order valence-electron chi connectivity index (χ0n) is 18.6. The Morgan fingerprint density at radius 2 is 1.88 bits per heavy atom. The average molecular weight is 502 g/mol. The molecule has 178 valence electrons. The molecule has 1 aliphatic heterocycles. The fraction of sp³-hybridized carbons (Fsp3) is 0.304. The summed E-state index contributed by atoms with van der Waals surface area (Å²) in [6.45, 7) is -0.464. The van der Waals surface area contributed by atoms with Crippen LogP contribution in [0, 0.1) is 0 Å². The summed E-state index contributed by atoms with van der Waals surface area (Å²) in [6, 6.07) is 5.11. The van der Waals surface area contributed by atoms with E-state index in [0.29, 0.717) is 27.6 Å². The molecule has 0 bridgehead atoms. The highest BCUT2D eigenvalue weighted by atomic mass is 32.2. The number of thioether (sulfide) groups is 1. The van der Waals surface area contributed by atoms with Gasteiger partial charge in [-0.15, -0.1) is 11.3 Å². The molecule has 34 heavy (non-hydrogen) atoms. The third-order valence-corrected chi connectivity index (χ3v) is 7.67. The number of methoxy groups -OCH3 is 2. The molecule has 2 aromatic rings. The van der Waals surface area contributed by atoms with Gasteiger partial charge in [0.25, 0.3) is 17.1 Å². The Bertz CT molecular complexity index is 1220. The highest BCUT2D eigenvalue weighted by molar-refractivity contribution is 8.18. The monoisotopic (exact) mass is 501 g/mol. The molecule has 0 unspecified atom stereocenters. The molecule has 4 rings (SSSR count). The van der Waals surface area contributed by atoms with Crippen molar-refractivity contribution in [2.75, 3.05) is 26.1 Å². The smallest absolute Gasteiger partial charge is 0.294 e. The molecule has 0 radical (unpaired) electrons. The molecule has 1 aliphatic carbocycles. The van der Waals surface area contributed by atoms with Crippen LogP contribution < -0.4 is 20.5 Å². The van der Waals surface area contributed by atoms with E-state index in [1.54, 1.807) is 24.3 Å². The van der Waals surface area contributed by atoms with E-state index in [1.807, 2.05) is 0 Å². The summed E-state index contributed by atoms with van der Waals surface area (Å²) in [7, 11) is 3.02. The SMILES string of the molecule is COc1ccc(/C=C2\SC(=O)N(CC(=O)Nc3sc4c(c3C(N)=O)CCCC4)C2=O)cc1OC. The van der Waals surface area contributed by atoms with Gasteiger partial charge >= 0.3 is 0 Å². The number of hydrogen-bond acceptors (Lipinski definition) is 8. The number of thiophene rings is 1. The Morgan fingerprint density at radius 1 is 1.15 bits per heavy atom. The van der Waals surface area contributed by atoms with Gasteiger partial charge in [-0.1, -0.05) is 6.07 Å². The molecule has 0 spiro atoms. The molecule has 1 saturated heterocycles. The van der Waals surface area contributed by atoms with Crippen LogP contribution in [0.5, 0.6) is 11.5 Å². The lowest BCUT2D eigenvalue weighted by Gasteiger charge is -2.13. The van der Waals surface area contributed by atoms with Gasteiger partial charge in [0.2, 0.25) is 5.91 Å². The lowest BCUT2D eigenvalue weighted by Crippen LogP contribution is -2.36. The van der Waals surface area contributed by atoms with Crippen LogP contribution in [0.25, 0.3) is 6.08 Å². The van der Waals surface area contributed by atoms with Gasteiger partial charge in [-0.3, -0.25) is 24.1 Å². The van der Waals surface area contributed by atoms with Gasteiger partial charge in [0.1, 0.15) is 11.5 Å². The first kappa shape index (κ1) is 23.8. The van der Waals surface area contributed by atoms with Crippen LogP contribution in [0.2, 0.25) is 0 Å². The second-order valence-electron chi connectivity index (χ2n) is 7.71. The lowest BCUT2D eigenvalue weighted by molar-refractivity contribution is -0.127. The van der Waals surface area contributed by atoms with E-state index in [4.69, 9.17) is 15.2 Å². The van der Waals surface area contributed by atoms with Crippen molar-refractivity contribution in [3.63, 3.8) is 0 Å². The first-order chi connectivity index (χ1) is 16.3. The second-order valence-corrected chi connectivity index (χ2v) is 9.81. The van der Waals surface area contributed by atoms with Crippen molar-refractivity contribution in [1.82, 2.24) is 4.90 Å². The van der Waals surface area contributed by atoms with Gasteiger partial charge in [0.05, 0.1) is 24.7 Å². The number of carbonyl (C=O) groups excluding carboxylic acids is 4. The molecule has 0 atom stereocenters. The third-order valence-electron chi connectivity index (χ3n) is 5.55. The molecule has 0 saturated carbocycles. The lowest BCUT2D eigenvalue weighted by atomic mass is 9.95. The Labute approximate surface area is 204 Å². The molecule has 2 aliphatic rings. The number of fused-ring (bicyclic) bond motifs is 1. The quantitative estimate of drug-likeness (QED) is 0.556. The summed E-state index contributed by atoms with van der Waals surface area (Å²) < 4.78 is 10.5. The largest absolute Gasteiger partial charge is 0.493 e. The summed E-state index contributed by atoms with van der Waals surface area (Å²) in [5.41, 5.74) is 7.43. The van der Waals surface area contributed by atoms with Crippen molar-refractivity contribution in [2.45, 2.75) is 25.7 Å². The number of nitrogens with zero attached hydrogens (tertiary/aromatic N) is 1. The fourth-order valence-corrected chi connectivity index (χ4v) is 6.10. The fourth-order valence-electron chi connectivity index (χ4n) is 3.95. The number of imide groups is 1. The van der Waals surface area contributed by atoms with E-state index in [9.17, 15) is 19.2 Å². The number of aryl methyl sites for hydroxylation is 1. The maximum atomic E-state index is 12.8. The van der Waals surface area contributed by atoms with Crippen LogP contribution in [0.4, 0.5) is 9.80 Å². The molecule has 1 aromatic carbocycles. The maximum Gasteiger partial charge on any atom is 0.294 e. The number of nitrogens with two attached hydrogens (primary N) is 1. The zero-order chi connectivity index (χ0) is 24.4. The Hall–Kier alpha value is -3.31. The van der Waals surface area contributed by atoms with E-state index >= 15 is 0 Å². The number of ether oxygens (including phenoxy) is 2. The Morgan fingerprint density at radius 3 is 2.59 bits per heavy atom. The number of hydrogen-bond donors (Lipinski definition) is 2. The first-order valence-electron chi connectivity index (χ1n) is 10.5. The van der Waals surface area contributed by atoms with E-state index in [1.165, 1.54) is 25.6 Å². The molecular formula is C23H23N3O6S2. The average Bonchev–Trinajstić information content (AvgIpc) is 3.30. The van der Waals surface area contributed by atoms with Crippen LogP contribution in [0.15, 0.2) is 23.1 Å². The number of primary amides is 1. The standard InChI is InChI=1S/C23H23N3O6S2/c1-31-14-8-7-12(9-15(14)32-2)10-17-22(29)26(23(30)34-17)11-18(27)25-21-19(20(24)28)13-5-3-4-6-16(13)33-21/h7-10H,3-6,11H2,1-2H3,(H2,24,28)(H,25,27)/b17-10-. The van der Waals surface area contributed by atoms with Crippen LogP contribution in [0.1, 0.15) is 39.2 Å². The van der Waals surface area contributed by atoms with E-state index in [-0.39, 0.29) is 4.91 Å². The van der Waals surface area contributed by atoms with Crippen molar-refractivity contribution in [1.29, 1.82) is 0 Å². The van der Waals surface area contributed by atoms with E-state index in [2.05, 4.69) is 5.32 Å². The van der Waals surface area contributed by atoms with E-state index < -0.39 is 29.5 Å². The van der Waals surface area contributed by atoms with Crippen molar-refractivity contribution in [3.05, 3.63) is 44.7 Å². The molecule has 4 amide bonds. The number of amides is 4. The predicted octanol–water partition coefficient (Wildman–Crippen LogP) is 3.42. The van der Waals surface area contributed by atoms with Crippen LogP contribution >= 0.6 is 23.1 Å². The minimum absolute atomic E-state index is 0.189. The van der Waals surface area contributed by atoms with Gasteiger partial charge in [-0.05, 0) is 66.8 Å². The second kappa shape index (κ2) is 9.90. The number of rotatable bonds is 7. The number of benzene rings is 1. The normalized spacial score (nSPS) is 16.5. The van der Waals surface area contributed by atoms with Crippen molar-refractivity contribution in [2.24, 2.45) is 5.73 Å².